The van der Waals surface area contributed by atoms with E-state index >= 15 is 0 Å². The van der Waals surface area contributed by atoms with Gasteiger partial charge in [0, 0.05) is 16.2 Å². The van der Waals surface area contributed by atoms with E-state index in [1.54, 1.807) is 0 Å². The summed E-state index contributed by atoms with van der Waals surface area (Å²) in [4.78, 5) is 25.3. The van der Waals surface area contributed by atoms with Crippen LogP contribution in [0, 0.1) is 0 Å². The molecule has 10 heteroatoms. The maximum Gasteiger partial charge on any atom is 0.341 e. The minimum absolute atomic E-state index is 0.0117. The molecule has 1 heterocycles. The highest BCUT2D eigenvalue weighted by atomic mass is 79.9. The number of anilines is 1. The molecule has 23 heavy (non-hydrogen) atoms. The maximum atomic E-state index is 12.4. The number of nitrogens with one attached hydrogen (secondary N) is 2. The van der Waals surface area contributed by atoms with Gasteiger partial charge in [0.1, 0.15) is 5.69 Å². The third kappa shape index (κ3) is 3.82. The quantitative estimate of drug-likeness (QED) is 0.814. The van der Waals surface area contributed by atoms with Crippen LogP contribution >= 0.6 is 15.9 Å². The van der Waals surface area contributed by atoms with Gasteiger partial charge in [0.15, 0.2) is 0 Å². The largest absolute Gasteiger partial charge is 0.341 e. The van der Waals surface area contributed by atoms with E-state index in [4.69, 9.17) is 0 Å². The Kier molecular flexibility index (Phi) is 4.95. The van der Waals surface area contributed by atoms with Gasteiger partial charge in [-0.15, -0.1) is 0 Å². The summed E-state index contributed by atoms with van der Waals surface area (Å²) in [5, 5.41) is 2.34. The lowest BCUT2D eigenvalue weighted by atomic mass is 10.2. The van der Waals surface area contributed by atoms with Crippen molar-refractivity contribution >= 4 is 37.4 Å². The summed E-state index contributed by atoms with van der Waals surface area (Å²) in [5.74, 6) is -4.23. The number of rotatable bonds is 4. The van der Waals surface area contributed by atoms with Gasteiger partial charge in [-0.25, -0.2) is 8.42 Å². The first kappa shape index (κ1) is 17.3. The van der Waals surface area contributed by atoms with Crippen molar-refractivity contribution < 1.29 is 22.0 Å². The number of hydrogen-bond acceptors (Lipinski definition) is 4. The Morgan fingerprint density at radius 3 is 2.39 bits per heavy atom. The van der Waals surface area contributed by atoms with Crippen molar-refractivity contribution in [3.8, 4) is 0 Å². The van der Waals surface area contributed by atoms with E-state index in [2.05, 4.69) is 26.2 Å². The standard InChI is InChI=1S/C13H9BrF2N2O4S/c14-8-5-10(12(20)17-6-8)18-11(19)7-1-3-9(4-2-7)23(21,22)13(15)16/h1-6,13H,(H,17,20)(H,18,19). The Balaban J connectivity index is 2.24. The molecular weight excluding hydrogens is 398 g/mol. The van der Waals surface area contributed by atoms with Crippen molar-refractivity contribution in [2.24, 2.45) is 0 Å². The normalized spacial score (nSPS) is 11.5. The molecular formula is C13H9BrF2N2O4S. The van der Waals surface area contributed by atoms with Crippen molar-refractivity contribution in [3.63, 3.8) is 0 Å². The predicted molar refractivity (Wildman–Crippen MR) is 82.3 cm³/mol. The molecule has 2 N–H and O–H groups in total. The highest BCUT2D eigenvalue weighted by molar-refractivity contribution is 9.10. The zero-order valence-electron chi connectivity index (χ0n) is 11.2. The number of aromatic amines is 1. The maximum absolute atomic E-state index is 12.4. The van der Waals surface area contributed by atoms with Crippen LogP contribution < -0.4 is 10.9 Å². The average Bonchev–Trinajstić information content (AvgIpc) is 2.50. The molecule has 1 amide bonds. The predicted octanol–water partition coefficient (Wildman–Crippen LogP) is 2.39. The summed E-state index contributed by atoms with van der Waals surface area (Å²) in [6, 6.07) is 5.35. The number of carbonyl (C=O) groups excluding carboxylic acids is 1. The molecule has 1 aromatic heterocycles. The number of hydrogen-bond donors (Lipinski definition) is 2. The Hall–Kier alpha value is -2.07. The minimum Gasteiger partial charge on any atom is -0.326 e. The summed E-state index contributed by atoms with van der Waals surface area (Å²) in [7, 11) is -4.72. The Morgan fingerprint density at radius 1 is 1.22 bits per heavy atom. The number of H-pyrrole nitrogens is 1. The highest BCUT2D eigenvalue weighted by Gasteiger charge is 2.26. The highest BCUT2D eigenvalue weighted by Crippen LogP contribution is 2.19. The van der Waals surface area contributed by atoms with E-state index in [1.807, 2.05) is 0 Å². The Bertz CT molecular complexity index is 895. The number of carbonyl (C=O) groups is 1. The second-order valence-electron chi connectivity index (χ2n) is 4.34. The van der Waals surface area contributed by atoms with Crippen LogP contribution in [0.25, 0.3) is 0 Å². The van der Waals surface area contributed by atoms with Crippen LogP contribution in [-0.2, 0) is 9.84 Å². The third-order valence-corrected chi connectivity index (χ3v) is 4.65. The van der Waals surface area contributed by atoms with Crippen LogP contribution in [0.3, 0.4) is 0 Å². The molecule has 0 radical (unpaired) electrons. The molecule has 0 bridgehead atoms. The summed E-state index contributed by atoms with van der Waals surface area (Å²) in [6.07, 6.45) is 1.39. The SMILES string of the molecule is O=C(Nc1cc(Br)c[nH]c1=O)c1ccc(S(=O)(=O)C(F)F)cc1. The van der Waals surface area contributed by atoms with E-state index < -0.39 is 32.0 Å². The zero-order chi connectivity index (χ0) is 17.2. The monoisotopic (exact) mass is 406 g/mol. The fourth-order valence-corrected chi connectivity index (χ4v) is 2.71. The van der Waals surface area contributed by atoms with E-state index in [1.165, 1.54) is 12.3 Å². The molecule has 2 aromatic rings. The first-order valence-electron chi connectivity index (χ1n) is 6.03. The third-order valence-electron chi connectivity index (χ3n) is 2.80. The van der Waals surface area contributed by atoms with Crippen LogP contribution in [0.1, 0.15) is 10.4 Å². The zero-order valence-corrected chi connectivity index (χ0v) is 13.6. The van der Waals surface area contributed by atoms with Crippen molar-refractivity contribution in [2.75, 3.05) is 5.32 Å². The van der Waals surface area contributed by atoms with Gasteiger partial charge in [-0.05, 0) is 46.3 Å². The van der Waals surface area contributed by atoms with Gasteiger partial charge in [0.2, 0.25) is 9.84 Å². The second-order valence-corrected chi connectivity index (χ2v) is 7.18. The number of halogens is 3. The van der Waals surface area contributed by atoms with Gasteiger partial charge in [-0.3, -0.25) is 9.59 Å². The number of pyridine rings is 1. The lowest BCUT2D eigenvalue weighted by Gasteiger charge is -2.06. The summed E-state index contributed by atoms with van der Waals surface area (Å²) >= 11 is 3.13. The minimum atomic E-state index is -4.72. The molecule has 0 fully saturated rings. The number of aromatic nitrogens is 1. The van der Waals surface area contributed by atoms with Crippen molar-refractivity contribution in [1.82, 2.24) is 4.98 Å². The second kappa shape index (κ2) is 6.59. The van der Waals surface area contributed by atoms with Crippen LogP contribution in [0.4, 0.5) is 14.5 Å². The average molecular weight is 407 g/mol. The van der Waals surface area contributed by atoms with Crippen molar-refractivity contribution in [1.29, 1.82) is 0 Å². The van der Waals surface area contributed by atoms with Crippen molar-refractivity contribution in [2.45, 2.75) is 10.7 Å². The van der Waals surface area contributed by atoms with Gasteiger partial charge in [-0.2, -0.15) is 8.78 Å². The lowest BCUT2D eigenvalue weighted by molar-refractivity contribution is 0.102. The molecule has 0 saturated heterocycles. The molecule has 0 spiro atoms. The first-order chi connectivity index (χ1) is 10.7. The molecule has 1 aromatic carbocycles. The smallest absolute Gasteiger partial charge is 0.326 e. The number of benzene rings is 1. The number of sulfone groups is 1. The van der Waals surface area contributed by atoms with Gasteiger partial charge >= 0.3 is 5.76 Å². The molecule has 0 unspecified atom stereocenters. The van der Waals surface area contributed by atoms with E-state index in [9.17, 15) is 26.8 Å². The lowest BCUT2D eigenvalue weighted by Crippen LogP contribution is -2.19. The van der Waals surface area contributed by atoms with E-state index in [0.29, 0.717) is 4.47 Å². The summed E-state index contributed by atoms with van der Waals surface area (Å²) < 4.78 is 47.9. The van der Waals surface area contributed by atoms with Gasteiger partial charge in [0.05, 0.1) is 4.90 Å². The Labute approximate surface area is 137 Å². The summed E-state index contributed by atoms with van der Waals surface area (Å²) in [6.45, 7) is 0. The van der Waals surface area contributed by atoms with Gasteiger partial charge in [0.25, 0.3) is 11.5 Å². The first-order valence-corrected chi connectivity index (χ1v) is 8.37. The molecule has 6 nitrogen and oxygen atoms in total. The molecule has 0 aliphatic heterocycles. The molecule has 0 atom stereocenters. The van der Waals surface area contributed by atoms with Crippen LogP contribution in [0.15, 0.2) is 50.7 Å². The molecule has 2 rings (SSSR count). The molecule has 122 valence electrons. The van der Waals surface area contributed by atoms with Crippen LogP contribution in [-0.4, -0.2) is 25.1 Å². The van der Waals surface area contributed by atoms with E-state index in [0.717, 1.165) is 24.3 Å². The van der Waals surface area contributed by atoms with Gasteiger partial charge in [-0.1, -0.05) is 0 Å². The fourth-order valence-electron chi connectivity index (χ4n) is 1.64. The van der Waals surface area contributed by atoms with Gasteiger partial charge < -0.3 is 10.3 Å². The molecule has 0 saturated carbocycles. The number of amides is 1. The van der Waals surface area contributed by atoms with Crippen LogP contribution in [0.5, 0.6) is 0 Å². The Morgan fingerprint density at radius 2 is 1.83 bits per heavy atom. The van der Waals surface area contributed by atoms with Crippen LogP contribution in [0.2, 0.25) is 0 Å². The fraction of sp³-hybridized carbons (Fsp3) is 0.0769. The van der Waals surface area contributed by atoms with E-state index in [-0.39, 0.29) is 11.3 Å². The topological polar surface area (TPSA) is 96.1 Å². The summed E-state index contributed by atoms with van der Waals surface area (Å²) in [5.41, 5.74) is -0.537. The number of alkyl halides is 2. The van der Waals surface area contributed by atoms with Crippen molar-refractivity contribution in [3.05, 3.63) is 56.9 Å². The molecule has 0 aliphatic rings. The molecule has 0 aliphatic carbocycles.